The van der Waals surface area contributed by atoms with Crippen LogP contribution in [0.3, 0.4) is 0 Å². The maximum Gasteiger partial charge on any atom is 0.0781 e. The lowest BCUT2D eigenvalue weighted by atomic mass is 9.88. The zero-order chi connectivity index (χ0) is 14.8. The number of hydrogen-bond donors (Lipinski definition) is 2. The molecule has 3 rings (SSSR count). The number of aliphatic hydroxyl groups is 1. The molecule has 0 aliphatic heterocycles. The highest BCUT2D eigenvalue weighted by Gasteiger charge is 2.19. The first-order valence-electron chi connectivity index (χ1n) is 7.44. The molecule has 2 atom stereocenters. The van der Waals surface area contributed by atoms with Crippen LogP contribution in [-0.2, 0) is 12.8 Å². The van der Waals surface area contributed by atoms with Gasteiger partial charge in [0, 0.05) is 21.8 Å². The predicted molar refractivity (Wildman–Crippen MR) is 90.7 cm³/mol. The predicted octanol–water partition coefficient (Wildman–Crippen LogP) is 4.47. The van der Waals surface area contributed by atoms with E-state index in [2.05, 4.69) is 45.5 Å². The Hall–Kier alpha value is -1.32. The van der Waals surface area contributed by atoms with Gasteiger partial charge in [0.25, 0.3) is 0 Å². The highest BCUT2D eigenvalue weighted by atomic mass is 79.9. The number of benzene rings is 2. The molecule has 0 heterocycles. The van der Waals surface area contributed by atoms with Crippen LogP contribution in [-0.4, -0.2) is 11.1 Å². The molecule has 0 radical (unpaired) electrons. The van der Waals surface area contributed by atoms with Crippen molar-refractivity contribution in [2.45, 2.75) is 38.3 Å². The molecule has 2 N–H and O–H groups in total. The van der Waals surface area contributed by atoms with E-state index < -0.39 is 6.10 Å². The molecule has 0 bridgehead atoms. The first kappa shape index (κ1) is 14.6. The van der Waals surface area contributed by atoms with Gasteiger partial charge in [0.05, 0.1) is 6.10 Å². The number of aryl methyl sites for hydroxylation is 1. The molecule has 2 aromatic carbocycles. The topological polar surface area (TPSA) is 32.3 Å². The average molecular weight is 346 g/mol. The van der Waals surface area contributed by atoms with E-state index in [-0.39, 0.29) is 0 Å². The fraction of sp³-hybridized carbons (Fsp3) is 0.333. The smallest absolute Gasteiger partial charge is 0.0781 e. The van der Waals surface area contributed by atoms with Crippen LogP contribution in [0.2, 0.25) is 0 Å². The van der Waals surface area contributed by atoms with Gasteiger partial charge >= 0.3 is 0 Å². The molecule has 110 valence electrons. The van der Waals surface area contributed by atoms with Gasteiger partial charge in [-0.3, -0.25) is 0 Å². The maximum absolute atomic E-state index is 9.88. The van der Waals surface area contributed by atoms with Crippen molar-refractivity contribution >= 4 is 21.6 Å². The Kier molecular flexibility index (Phi) is 4.32. The van der Waals surface area contributed by atoms with E-state index >= 15 is 0 Å². The van der Waals surface area contributed by atoms with Gasteiger partial charge in [-0.25, -0.2) is 0 Å². The molecule has 2 aromatic rings. The Morgan fingerprint density at radius 2 is 2.00 bits per heavy atom. The summed E-state index contributed by atoms with van der Waals surface area (Å²) < 4.78 is 1.16. The first-order chi connectivity index (χ1) is 10.1. The first-order valence-corrected chi connectivity index (χ1v) is 8.23. The van der Waals surface area contributed by atoms with E-state index in [1.54, 1.807) is 0 Å². The summed E-state index contributed by atoms with van der Waals surface area (Å²) in [6.45, 7) is 1.81. The monoisotopic (exact) mass is 345 g/mol. The fourth-order valence-corrected chi connectivity index (χ4v) is 3.47. The molecule has 2 nitrogen and oxygen atoms in total. The number of halogens is 1. The molecule has 3 heteroatoms. The third kappa shape index (κ3) is 3.30. The molecule has 0 saturated carbocycles. The molecular weight excluding hydrogens is 326 g/mol. The van der Waals surface area contributed by atoms with Crippen molar-refractivity contribution in [2.75, 3.05) is 5.32 Å². The van der Waals surface area contributed by atoms with Crippen LogP contribution in [0.4, 0.5) is 5.69 Å². The highest BCUT2D eigenvalue weighted by molar-refractivity contribution is 9.10. The SMILES string of the molecule is CC(O)c1ccccc1NC1CCc2cc(Br)ccc2C1. The van der Waals surface area contributed by atoms with Crippen LogP contribution in [0.1, 0.15) is 36.1 Å². The van der Waals surface area contributed by atoms with Crippen molar-refractivity contribution in [2.24, 2.45) is 0 Å². The second kappa shape index (κ2) is 6.20. The van der Waals surface area contributed by atoms with Gasteiger partial charge in [0.2, 0.25) is 0 Å². The molecule has 21 heavy (non-hydrogen) atoms. The minimum absolute atomic E-state index is 0.429. The van der Waals surface area contributed by atoms with Gasteiger partial charge in [-0.2, -0.15) is 0 Å². The Balaban J connectivity index is 1.77. The molecule has 0 spiro atoms. The van der Waals surface area contributed by atoms with Gasteiger partial charge in [-0.05, 0) is 55.5 Å². The van der Waals surface area contributed by atoms with Crippen molar-refractivity contribution in [3.63, 3.8) is 0 Å². The van der Waals surface area contributed by atoms with Crippen LogP contribution in [0.25, 0.3) is 0 Å². The highest BCUT2D eigenvalue weighted by Crippen LogP contribution is 2.29. The fourth-order valence-electron chi connectivity index (χ4n) is 3.06. The standard InChI is InChI=1S/C18H20BrNO/c1-12(21)17-4-2-3-5-18(17)20-16-9-7-13-10-15(19)8-6-14(13)11-16/h2-6,8,10,12,16,20-21H,7,9,11H2,1H3. The van der Waals surface area contributed by atoms with Crippen molar-refractivity contribution in [3.8, 4) is 0 Å². The normalized spacial score (nSPS) is 18.9. The summed E-state index contributed by atoms with van der Waals surface area (Å²) in [5, 5.41) is 13.5. The maximum atomic E-state index is 9.88. The summed E-state index contributed by atoms with van der Waals surface area (Å²) in [5.74, 6) is 0. The van der Waals surface area contributed by atoms with Crippen LogP contribution in [0, 0.1) is 0 Å². The number of fused-ring (bicyclic) bond motifs is 1. The molecule has 2 unspecified atom stereocenters. The summed E-state index contributed by atoms with van der Waals surface area (Å²) in [6, 6.07) is 15.0. The quantitative estimate of drug-likeness (QED) is 0.859. The van der Waals surface area contributed by atoms with Gasteiger partial charge in [0.1, 0.15) is 0 Å². The van der Waals surface area contributed by atoms with Crippen LogP contribution < -0.4 is 5.32 Å². The number of nitrogens with one attached hydrogen (secondary N) is 1. The van der Waals surface area contributed by atoms with Gasteiger partial charge in [-0.1, -0.05) is 40.2 Å². The molecule has 0 fully saturated rings. The second-order valence-corrected chi connectivity index (χ2v) is 6.68. The zero-order valence-electron chi connectivity index (χ0n) is 12.1. The average Bonchev–Trinajstić information content (AvgIpc) is 2.48. The van der Waals surface area contributed by atoms with Crippen molar-refractivity contribution in [1.29, 1.82) is 0 Å². The van der Waals surface area contributed by atoms with E-state index in [9.17, 15) is 5.11 Å². The third-order valence-electron chi connectivity index (χ3n) is 4.17. The summed E-state index contributed by atoms with van der Waals surface area (Å²) in [4.78, 5) is 0. The van der Waals surface area contributed by atoms with Crippen LogP contribution in [0.15, 0.2) is 46.9 Å². The molecule has 0 saturated heterocycles. The number of rotatable bonds is 3. The summed E-state index contributed by atoms with van der Waals surface area (Å²) >= 11 is 3.54. The lowest BCUT2D eigenvalue weighted by molar-refractivity contribution is 0.200. The van der Waals surface area contributed by atoms with E-state index in [1.807, 2.05) is 25.1 Å². The summed E-state index contributed by atoms with van der Waals surface area (Å²) in [6.07, 6.45) is 2.82. The Bertz CT molecular complexity index is 639. The van der Waals surface area contributed by atoms with E-state index in [4.69, 9.17) is 0 Å². The number of aliphatic hydroxyl groups excluding tert-OH is 1. The van der Waals surface area contributed by atoms with Crippen molar-refractivity contribution in [1.82, 2.24) is 0 Å². The minimum atomic E-state index is -0.444. The van der Waals surface area contributed by atoms with Crippen LogP contribution >= 0.6 is 15.9 Å². The van der Waals surface area contributed by atoms with Gasteiger partial charge in [0.15, 0.2) is 0 Å². The Morgan fingerprint density at radius 3 is 2.81 bits per heavy atom. The largest absolute Gasteiger partial charge is 0.389 e. The van der Waals surface area contributed by atoms with Gasteiger partial charge < -0.3 is 10.4 Å². The summed E-state index contributed by atoms with van der Waals surface area (Å²) in [5.41, 5.74) is 4.90. The minimum Gasteiger partial charge on any atom is -0.389 e. The number of hydrogen-bond acceptors (Lipinski definition) is 2. The summed E-state index contributed by atoms with van der Waals surface area (Å²) in [7, 11) is 0. The van der Waals surface area contributed by atoms with E-state index in [0.29, 0.717) is 6.04 Å². The molecule has 1 aliphatic rings. The lowest BCUT2D eigenvalue weighted by Crippen LogP contribution is -2.28. The van der Waals surface area contributed by atoms with E-state index in [1.165, 1.54) is 11.1 Å². The molecule has 0 aromatic heterocycles. The molecule has 1 aliphatic carbocycles. The van der Waals surface area contributed by atoms with Gasteiger partial charge in [-0.15, -0.1) is 0 Å². The number of para-hydroxylation sites is 1. The Morgan fingerprint density at radius 1 is 1.19 bits per heavy atom. The number of anilines is 1. The van der Waals surface area contributed by atoms with Crippen molar-refractivity contribution < 1.29 is 5.11 Å². The van der Waals surface area contributed by atoms with Crippen molar-refractivity contribution in [3.05, 3.63) is 63.6 Å². The van der Waals surface area contributed by atoms with E-state index in [0.717, 1.165) is 35.0 Å². The Labute approximate surface area is 134 Å². The molecule has 0 amide bonds. The molecular formula is C18H20BrNO. The lowest BCUT2D eigenvalue weighted by Gasteiger charge is -2.28. The third-order valence-corrected chi connectivity index (χ3v) is 4.66. The zero-order valence-corrected chi connectivity index (χ0v) is 13.7. The second-order valence-electron chi connectivity index (χ2n) is 5.76. The van der Waals surface area contributed by atoms with Crippen LogP contribution in [0.5, 0.6) is 0 Å².